The monoisotopic (exact) mass is 612 g/mol. The van der Waals surface area contributed by atoms with Crippen LogP contribution in [0.15, 0.2) is 53.4 Å². The van der Waals surface area contributed by atoms with Gasteiger partial charge in [-0.15, -0.1) is 0 Å². The first kappa shape index (κ1) is 28.7. The number of likely N-dealkylation sites (N-methyl/N-ethyl adjacent to an activating group) is 1. The summed E-state index contributed by atoms with van der Waals surface area (Å²) >= 11 is 3.17. The predicted molar refractivity (Wildman–Crippen MR) is 152 cm³/mol. The summed E-state index contributed by atoms with van der Waals surface area (Å²) in [4.78, 5) is 40.4. The van der Waals surface area contributed by atoms with Crippen LogP contribution in [0.25, 0.3) is 10.9 Å². The van der Waals surface area contributed by atoms with Crippen molar-refractivity contribution in [3.05, 3.63) is 80.7 Å². The molecule has 0 saturated heterocycles. The van der Waals surface area contributed by atoms with Gasteiger partial charge in [-0.05, 0) is 51.2 Å². The van der Waals surface area contributed by atoms with Gasteiger partial charge in [0.15, 0.2) is 11.4 Å². The zero-order chi connectivity index (χ0) is 29.0. The first-order chi connectivity index (χ1) is 19.0. The van der Waals surface area contributed by atoms with E-state index in [4.69, 9.17) is 0 Å². The Hall–Kier alpha value is -4.30. The molecule has 3 aromatic heterocycles. The fourth-order valence-corrected chi connectivity index (χ4v) is 4.52. The smallest absolute Gasteiger partial charge is 0.390 e. The number of nitrogens with one attached hydrogen (secondary N) is 2. The number of imidazole rings is 1. The average molecular weight is 613 g/mol. The van der Waals surface area contributed by atoms with Gasteiger partial charge in [0.1, 0.15) is 30.3 Å². The summed E-state index contributed by atoms with van der Waals surface area (Å²) in [5.41, 5.74) is 2.66. The maximum atomic E-state index is 13.6. The Balaban J connectivity index is 1.44. The summed E-state index contributed by atoms with van der Waals surface area (Å²) < 4.78 is 15.9. The van der Waals surface area contributed by atoms with Gasteiger partial charge in [-0.3, -0.25) is 4.79 Å². The second kappa shape index (κ2) is 11.8. The van der Waals surface area contributed by atoms with Crippen LogP contribution in [-0.4, -0.2) is 60.5 Å². The summed E-state index contributed by atoms with van der Waals surface area (Å²) in [6.07, 6.45) is 6.67. The van der Waals surface area contributed by atoms with E-state index in [0.717, 1.165) is 5.69 Å². The lowest BCUT2D eigenvalue weighted by Crippen LogP contribution is -2.39. The molecule has 0 spiro atoms. The van der Waals surface area contributed by atoms with Crippen LogP contribution in [0.2, 0.25) is 0 Å². The first-order valence-corrected chi connectivity index (χ1v) is 13.1. The molecule has 1 amide bonds. The van der Waals surface area contributed by atoms with Crippen LogP contribution in [0.3, 0.4) is 0 Å². The average Bonchev–Trinajstić information content (AvgIpc) is 3.21. The number of hydrogen-bond acceptors (Lipinski definition) is 8. The summed E-state index contributed by atoms with van der Waals surface area (Å²) in [5, 5.41) is 17.8. The topological polar surface area (TPSA) is 141 Å². The number of nitro groups is 1. The van der Waals surface area contributed by atoms with Crippen LogP contribution in [-0.2, 0) is 24.8 Å². The molecular weight excluding hydrogens is 585 g/mol. The number of benzene rings is 1. The Morgan fingerprint density at radius 3 is 2.73 bits per heavy atom. The van der Waals surface area contributed by atoms with E-state index in [9.17, 15) is 19.3 Å². The summed E-state index contributed by atoms with van der Waals surface area (Å²) in [7, 11) is 5.59. The van der Waals surface area contributed by atoms with Crippen molar-refractivity contribution >= 4 is 56.0 Å². The second-order valence-corrected chi connectivity index (χ2v) is 10.6. The highest BCUT2D eigenvalue weighted by Gasteiger charge is 2.29. The molecule has 208 valence electrons. The van der Waals surface area contributed by atoms with E-state index in [1.54, 1.807) is 31.3 Å². The van der Waals surface area contributed by atoms with Crippen LogP contribution < -0.4 is 10.6 Å². The number of nitrogens with zero attached hydrogens (tertiary/aromatic N) is 7. The molecule has 3 heterocycles. The fourth-order valence-electron chi connectivity index (χ4n) is 4.14. The van der Waals surface area contributed by atoms with Gasteiger partial charge in [0, 0.05) is 23.6 Å². The van der Waals surface area contributed by atoms with Crippen LogP contribution in [0.1, 0.15) is 18.3 Å². The van der Waals surface area contributed by atoms with Gasteiger partial charge in [0.2, 0.25) is 5.91 Å². The SMILES string of the molecule is CCc1nc([N+](=O)[O-])n(C)c1C[N+](C)(C)C/C=C/C(=O)Nc1cc2c(Nc3ccc(F)c(Br)c3)ncnc2cn1. The number of carbonyl (C=O) groups excluding carboxylic acids is 1. The molecule has 0 bridgehead atoms. The fraction of sp³-hybridized carbons (Fsp3) is 0.269. The van der Waals surface area contributed by atoms with Gasteiger partial charge in [-0.2, -0.15) is 0 Å². The molecule has 0 unspecified atom stereocenters. The number of pyridine rings is 1. The Labute approximate surface area is 237 Å². The van der Waals surface area contributed by atoms with Crippen LogP contribution in [0, 0.1) is 15.9 Å². The Bertz CT molecular complexity index is 1620. The van der Waals surface area contributed by atoms with Crippen molar-refractivity contribution < 1.29 is 18.6 Å². The van der Waals surface area contributed by atoms with Crippen molar-refractivity contribution in [3.63, 3.8) is 0 Å². The third-order valence-corrected chi connectivity index (χ3v) is 6.78. The molecule has 0 aliphatic heterocycles. The number of halogens is 2. The molecule has 2 N–H and O–H groups in total. The minimum atomic E-state index is -0.485. The molecule has 0 radical (unpaired) electrons. The van der Waals surface area contributed by atoms with Gasteiger partial charge in [-0.1, -0.05) is 11.9 Å². The highest BCUT2D eigenvalue weighted by Crippen LogP contribution is 2.27. The summed E-state index contributed by atoms with van der Waals surface area (Å²) in [5.74, 6) is -0.152. The van der Waals surface area contributed by atoms with Crippen LogP contribution in [0.5, 0.6) is 0 Å². The first-order valence-electron chi connectivity index (χ1n) is 12.3. The number of amides is 1. The minimum Gasteiger partial charge on any atom is -0.390 e. The molecule has 4 rings (SSSR count). The second-order valence-electron chi connectivity index (χ2n) is 9.71. The number of aromatic nitrogens is 5. The van der Waals surface area contributed by atoms with Crippen molar-refractivity contribution in [3.8, 4) is 0 Å². The minimum absolute atomic E-state index is 0.182. The summed E-state index contributed by atoms with van der Waals surface area (Å²) in [6, 6.07) is 6.17. The number of hydrogen-bond donors (Lipinski definition) is 2. The standard InChI is InChI=1S/C26H27BrFN9O3/c1-5-20-22(35(2)26(33-20)36(39)40)14-37(3,4)10-6-7-24(38)34-23-12-17-21(13-29-23)30-15-31-25(17)32-16-8-9-19(28)18(27)11-16/h6-9,11-13,15H,5,10,14H2,1-4H3,(H-,29,30,31,32,34,38)/p+1/b7-6+. The number of fused-ring (bicyclic) bond motifs is 1. The van der Waals surface area contributed by atoms with Crippen molar-refractivity contribution in [2.45, 2.75) is 19.9 Å². The molecule has 0 saturated carbocycles. The highest BCUT2D eigenvalue weighted by atomic mass is 79.9. The van der Waals surface area contributed by atoms with Crippen molar-refractivity contribution in [1.82, 2.24) is 24.5 Å². The van der Waals surface area contributed by atoms with Gasteiger partial charge < -0.3 is 25.2 Å². The number of rotatable bonds is 10. The predicted octanol–water partition coefficient (Wildman–Crippen LogP) is 4.65. The van der Waals surface area contributed by atoms with Gasteiger partial charge in [0.05, 0.1) is 43.9 Å². The Morgan fingerprint density at radius 1 is 1.25 bits per heavy atom. The van der Waals surface area contributed by atoms with E-state index in [1.165, 1.54) is 29.2 Å². The maximum absolute atomic E-state index is 13.6. The van der Waals surface area contributed by atoms with Crippen molar-refractivity contribution in [2.24, 2.45) is 7.05 Å². The van der Waals surface area contributed by atoms with Gasteiger partial charge in [-0.25, -0.2) is 23.9 Å². The molecule has 0 aliphatic carbocycles. The lowest BCUT2D eigenvalue weighted by atomic mass is 10.2. The number of aryl methyl sites for hydroxylation is 1. The summed E-state index contributed by atoms with van der Waals surface area (Å²) in [6.45, 7) is 2.91. The van der Waals surface area contributed by atoms with Crippen LogP contribution in [0.4, 0.5) is 27.7 Å². The van der Waals surface area contributed by atoms with Crippen LogP contribution >= 0.6 is 15.9 Å². The van der Waals surface area contributed by atoms with E-state index < -0.39 is 4.92 Å². The molecule has 0 aliphatic rings. The lowest BCUT2D eigenvalue weighted by Gasteiger charge is -2.27. The third-order valence-electron chi connectivity index (χ3n) is 6.17. The molecular formula is C26H28BrFN9O3+. The molecule has 0 fully saturated rings. The van der Waals surface area contributed by atoms with Crippen molar-refractivity contribution in [2.75, 3.05) is 31.3 Å². The zero-order valence-corrected chi connectivity index (χ0v) is 23.9. The number of carbonyl (C=O) groups is 1. The molecule has 4 aromatic rings. The molecule has 14 heteroatoms. The third kappa shape index (κ3) is 6.63. The van der Waals surface area contributed by atoms with E-state index in [0.29, 0.717) is 62.4 Å². The Kier molecular flexibility index (Phi) is 8.49. The van der Waals surface area contributed by atoms with Gasteiger partial charge >= 0.3 is 5.95 Å². The maximum Gasteiger partial charge on any atom is 0.435 e. The van der Waals surface area contributed by atoms with E-state index in [2.05, 4.69) is 46.5 Å². The molecule has 1 aromatic carbocycles. The Morgan fingerprint density at radius 2 is 2.02 bits per heavy atom. The van der Waals surface area contributed by atoms with E-state index in [-0.39, 0.29) is 17.7 Å². The number of quaternary nitrogens is 1. The molecule has 12 nitrogen and oxygen atoms in total. The highest BCUT2D eigenvalue weighted by molar-refractivity contribution is 9.10. The normalized spacial score (nSPS) is 11.8. The molecule has 0 atom stereocenters. The quantitative estimate of drug-likeness (QED) is 0.114. The number of anilines is 3. The largest absolute Gasteiger partial charge is 0.435 e. The van der Waals surface area contributed by atoms with Crippen molar-refractivity contribution in [1.29, 1.82) is 0 Å². The van der Waals surface area contributed by atoms with E-state index in [1.807, 2.05) is 21.0 Å². The lowest BCUT2D eigenvalue weighted by molar-refractivity contribution is -0.898. The van der Waals surface area contributed by atoms with Gasteiger partial charge in [0.25, 0.3) is 0 Å². The zero-order valence-electron chi connectivity index (χ0n) is 22.4. The van der Waals surface area contributed by atoms with E-state index >= 15 is 0 Å². The molecule has 40 heavy (non-hydrogen) atoms.